The summed E-state index contributed by atoms with van der Waals surface area (Å²) in [6.07, 6.45) is 3.91. The quantitative estimate of drug-likeness (QED) is 0.643. The van der Waals surface area contributed by atoms with Gasteiger partial charge in [-0.15, -0.1) is 0 Å². The highest BCUT2D eigenvalue weighted by Crippen LogP contribution is 2.23. The average molecular weight is 276 g/mol. The lowest BCUT2D eigenvalue weighted by Crippen LogP contribution is -2.40. The van der Waals surface area contributed by atoms with Crippen molar-refractivity contribution in [3.05, 3.63) is 35.9 Å². The zero-order valence-electron chi connectivity index (χ0n) is 13.7. The predicted octanol–water partition coefficient (Wildman–Crippen LogP) is 4.24. The molecule has 1 rings (SSSR count). The molecule has 1 aromatic rings. The standard InChI is InChI=1S/C18H32N2/c1-5-7-11-14-20(16(3)4)18(15-19-6-2)17-12-9-8-10-13-17/h8-10,12-13,16,18-19H,5-7,11,14-15H2,1-4H3. The molecule has 0 aliphatic heterocycles. The van der Waals surface area contributed by atoms with Crippen molar-refractivity contribution in [2.45, 2.75) is 59.0 Å². The third-order valence-corrected chi connectivity index (χ3v) is 3.86. The lowest BCUT2D eigenvalue weighted by Gasteiger charge is -2.35. The molecule has 0 aliphatic rings. The van der Waals surface area contributed by atoms with Crippen LogP contribution in [0.2, 0.25) is 0 Å². The molecule has 0 saturated heterocycles. The summed E-state index contributed by atoms with van der Waals surface area (Å²) in [5.74, 6) is 0. The van der Waals surface area contributed by atoms with Crippen LogP contribution in [0, 0.1) is 0 Å². The fourth-order valence-corrected chi connectivity index (χ4v) is 2.70. The molecule has 20 heavy (non-hydrogen) atoms. The Balaban J connectivity index is 2.81. The van der Waals surface area contributed by atoms with Crippen molar-refractivity contribution in [2.24, 2.45) is 0 Å². The minimum atomic E-state index is 0.480. The first-order valence-corrected chi connectivity index (χ1v) is 8.22. The molecule has 0 fully saturated rings. The first-order chi connectivity index (χ1) is 9.70. The van der Waals surface area contributed by atoms with E-state index in [1.165, 1.54) is 31.4 Å². The zero-order valence-corrected chi connectivity index (χ0v) is 13.7. The van der Waals surface area contributed by atoms with Gasteiger partial charge in [-0.05, 0) is 38.9 Å². The van der Waals surface area contributed by atoms with Crippen molar-refractivity contribution in [3.63, 3.8) is 0 Å². The number of benzene rings is 1. The van der Waals surface area contributed by atoms with E-state index in [1.807, 2.05) is 0 Å². The van der Waals surface area contributed by atoms with Crippen LogP contribution < -0.4 is 5.32 Å². The molecule has 2 heteroatoms. The van der Waals surface area contributed by atoms with Gasteiger partial charge in [-0.2, -0.15) is 0 Å². The van der Waals surface area contributed by atoms with Crippen LogP contribution in [0.5, 0.6) is 0 Å². The molecule has 0 amide bonds. The summed E-state index contributed by atoms with van der Waals surface area (Å²) in [5, 5.41) is 3.53. The molecule has 0 spiro atoms. The van der Waals surface area contributed by atoms with Crippen LogP contribution in [0.25, 0.3) is 0 Å². The van der Waals surface area contributed by atoms with E-state index in [2.05, 4.69) is 68.2 Å². The van der Waals surface area contributed by atoms with Crippen molar-refractivity contribution in [1.82, 2.24) is 10.2 Å². The van der Waals surface area contributed by atoms with Gasteiger partial charge in [0.1, 0.15) is 0 Å². The summed E-state index contributed by atoms with van der Waals surface area (Å²) in [6, 6.07) is 12.0. The Morgan fingerprint density at radius 3 is 2.30 bits per heavy atom. The molecule has 2 nitrogen and oxygen atoms in total. The van der Waals surface area contributed by atoms with Gasteiger partial charge in [0.15, 0.2) is 0 Å². The molecular weight excluding hydrogens is 244 g/mol. The molecule has 0 radical (unpaired) electrons. The predicted molar refractivity (Wildman–Crippen MR) is 89.1 cm³/mol. The molecular formula is C18H32N2. The molecule has 1 atom stereocenters. The number of nitrogens with one attached hydrogen (secondary N) is 1. The summed E-state index contributed by atoms with van der Waals surface area (Å²) < 4.78 is 0. The van der Waals surface area contributed by atoms with Crippen LogP contribution in [0.3, 0.4) is 0 Å². The first kappa shape index (κ1) is 17.2. The van der Waals surface area contributed by atoms with Gasteiger partial charge < -0.3 is 5.32 Å². The number of hydrogen-bond donors (Lipinski definition) is 1. The van der Waals surface area contributed by atoms with Gasteiger partial charge in [-0.25, -0.2) is 0 Å². The summed E-state index contributed by atoms with van der Waals surface area (Å²) in [5.41, 5.74) is 1.43. The van der Waals surface area contributed by atoms with E-state index in [0.717, 1.165) is 13.1 Å². The Kier molecular flexibility index (Phi) is 8.56. The molecule has 0 bridgehead atoms. The molecule has 1 unspecified atom stereocenters. The second-order valence-corrected chi connectivity index (χ2v) is 5.77. The zero-order chi connectivity index (χ0) is 14.8. The van der Waals surface area contributed by atoms with Crippen molar-refractivity contribution >= 4 is 0 Å². The third kappa shape index (κ3) is 5.64. The van der Waals surface area contributed by atoms with Gasteiger partial charge >= 0.3 is 0 Å². The normalized spacial score (nSPS) is 13.1. The molecule has 0 aliphatic carbocycles. The van der Waals surface area contributed by atoms with Crippen LogP contribution in [-0.4, -0.2) is 30.6 Å². The van der Waals surface area contributed by atoms with Gasteiger partial charge in [-0.1, -0.05) is 57.0 Å². The fourth-order valence-electron chi connectivity index (χ4n) is 2.70. The van der Waals surface area contributed by atoms with Crippen molar-refractivity contribution in [2.75, 3.05) is 19.6 Å². The first-order valence-electron chi connectivity index (χ1n) is 8.22. The smallest absolute Gasteiger partial charge is 0.0475 e. The second-order valence-electron chi connectivity index (χ2n) is 5.77. The van der Waals surface area contributed by atoms with Gasteiger partial charge in [0.05, 0.1) is 0 Å². The highest BCUT2D eigenvalue weighted by atomic mass is 15.2. The van der Waals surface area contributed by atoms with E-state index in [9.17, 15) is 0 Å². The van der Waals surface area contributed by atoms with Gasteiger partial charge in [0.2, 0.25) is 0 Å². The maximum atomic E-state index is 3.53. The Morgan fingerprint density at radius 2 is 1.75 bits per heavy atom. The maximum absolute atomic E-state index is 3.53. The summed E-state index contributed by atoms with van der Waals surface area (Å²) >= 11 is 0. The van der Waals surface area contributed by atoms with Crippen molar-refractivity contribution in [3.8, 4) is 0 Å². The van der Waals surface area contributed by atoms with E-state index in [4.69, 9.17) is 0 Å². The fraction of sp³-hybridized carbons (Fsp3) is 0.667. The lowest BCUT2D eigenvalue weighted by atomic mass is 10.0. The Labute approximate surface area is 125 Å². The largest absolute Gasteiger partial charge is 0.315 e. The van der Waals surface area contributed by atoms with Crippen LogP contribution in [0.15, 0.2) is 30.3 Å². The molecule has 1 N–H and O–H groups in total. The SMILES string of the molecule is CCCCCN(C(C)C)C(CNCC)c1ccccc1. The maximum Gasteiger partial charge on any atom is 0.0475 e. The van der Waals surface area contributed by atoms with Crippen LogP contribution in [-0.2, 0) is 0 Å². The van der Waals surface area contributed by atoms with Crippen LogP contribution >= 0.6 is 0 Å². The Bertz CT molecular complexity index is 335. The van der Waals surface area contributed by atoms with E-state index in [0.29, 0.717) is 12.1 Å². The van der Waals surface area contributed by atoms with E-state index >= 15 is 0 Å². The lowest BCUT2D eigenvalue weighted by molar-refractivity contribution is 0.147. The van der Waals surface area contributed by atoms with Gasteiger partial charge in [-0.3, -0.25) is 4.90 Å². The van der Waals surface area contributed by atoms with Gasteiger partial charge in [0, 0.05) is 18.6 Å². The highest BCUT2D eigenvalue weighted by Gasteiger charge is 2.21. The van der Waals surface area contributed by atoms with Crippen molar-refractivity contribution in [1.29, 1.82) is 0 Å². The number of likely N-dealkylation sites (N-methyl/N-ethyl adjacent to an activating group) is 1. The number of rotatable bonds is 10. The molecule has 0 heterocycles. The molecule has 114 valence electrons. The minimum absolute atomic E-state index is 0.480. The summed E-state index contributed by atoms with van der Waals surface area (Å²) in [6.45, 7) is 12.3. The minimum Gasteiger partial charge on any atom is -0.315 e. The Morgan fingerprint density at radius 1 is 1.05 bits per heavy atom. The summed E-state index contributed by atoms with van der Waals surface area (Å²) in [7, 11) is 0. The number of hydrogen-bond acceptors (Lipinski definition) is 2. The second kappa shape index (κ2) is 9.95. The monoisotopic (exact) mass is 276 g/mol. The van der Waals surface area contributed by atoms with E-state index in [-0.39, 0.29) is 0 Å². The van der Waals surface area contributed by atoms with Crippen LogP contribution in [0.1, 0.15) is 58.6 Å². The van der Waals surface area contributed by atoms with Crippen LogP contribution in [0.4, 0.5) is 0 Å². The molecule has 0 aromatic heterocycles. The Hall–Kier alpha value is -0.860. The van der Waals surface area contributed by atoms with Gasteiger partial charge in [0.25, 0.3) is 0 Å². The number of nitrogens with zero attached hydrogens (tertiary/aromatic N) is 1. The average Bonchev–Trinajstić information content (AvgIpc) is 2.46. The summed E-state index contributed by atoms with van der Waals surface area (Å²) in [4.78, 5) is 2.65. The highest BCUT2D eigenvalue weighted by molar-refractivity contribution is 5.19. The van der Waals surface area contributed by atoms with E-state index in [1.54, 1.807) is 0 Å². The van der Waals surface area contributed by atoms with Crippen molar-refractivity contribution < 1.29 is 0 Å². The molecule has 0 saturated carbocycles. The van der Waals surface area contributed by atoms with E-state index < -0.39 is 0 Å². The number of unbranched alkanes of at least 4 members (excludes halogenated alkanes) is 2. The third-order valence-electron chi connectivity index (χ3n) is 3.86. The topological polar surface area (TPSA) is 15.3 Å². The molecule has 1 aromatic carbocycles.